The Morgan fingerprint density at radius 3 is 1.67 bits per heavy atom. The zero-order valence-corrected chi connectivity index (χ0v) is 12.2. The molecule has 2 rings (SSSR count). The van der Waals surface area contributed by atoms with Crippen molar-refractivity contribution in [2.24, 2.45) is 11.7 Å². The van der Waals surface area contributed by atoms with Crippen LogP contribution in [0, 0.1) is 40.5 Å². The molecule has 0 bridgehead atoms. The van der Waals surface area contributed by atoms with Crippen molar-refractivity contribution in [2.75, 3.05) is 0 Å². The van der Waals surface area contributed by atoms with E-state index in [1.54, 1.807) is 0 Å². The maximum absolute atomic E-state index is 10.3. The summed E-state index contributed by atoms with van der Waals surface area (Å²) in [6.45, 7) is 10.7. The Labute approximate surface area is 110 Å². The molecule has 0 radical (unpaired) electrons. The maximum atomic E-state index is 10.3. The van der Waals surface area contributed by atoms with E-state index in [4.69, 9.17) is 5.73 Å². The van der Waals surface area contributed by atoms with Crippen LogP contribution in [-0.2, 0) is 0 Å². The zero-order chi connectivity index (χ0) is 13.6. The van der Waals surface area contributed by atoms with Gasteiger partial charge in [-0.3, -0.25) is 0 Å². The van der Waals surface area contributed by atoms with Gasteiger partial charge in [0, 0.05) is 0 Å². The second-order valence-corrected chi connectivity index (χ2v) is 5.89. The highest BCUT2D eigenvalue weighted by atomic mass is 16.3. The fourth-order valence-corrected chi connectivity index (χ4v) is 2.93. The summed E-state index contributed by atoms with van der Waals surface area (Å²) < 4.78 is 0. The van der Waals surface area contributed by atoms with Crippen LogP contribution in [0.4, 0.5) is 0 Å². The molecule has 18 heavy (non-hydrogen) atoms. The fourth-order valence-electron chi connectivity index (χ4n) is 2.93. The Bertz CT molecular complexity index is 445. The Balaban J connectivity index is 2.49. The molecule has 0 amide bonds. The quantitative estimate of drug-likeness (QED) is 0.862. The maximum Gasteiger partial charge on any atom is 0.0761 e. The lowest BCUT2D eigenvalue weighted by atomic mass is 9.84. The second-order valence-electron chi connectivity index (χ2n) is 5.89. The first-order valence-electron chi connectivity index (χ1n) is 6.86. The molecule has 1 aromatic carbocycles. The minimum absolute atomic E-state index is 0.240. The number of aliphatic hydroxyl groups is 1. The van der Waals surface area contributed by atoms with E-state index >= 15 is 0 Å². The summed E-state index contributed by atoms with van der Waals surface area (Å²) in [5, 5.41) is 10.3. The van der Waals surface area contributed by atoms with Crippen LogP contribution >= 0.6 is 0 Å². The summed E-state index contributed by atoms with van der Waals surface area (Å²) in [6, 6.07) is -0.240. The first-order chi connectivity index (χ1) is 8.36. The molecule has 1 aromatic rings. The Kier molecular flexibility index (Phi) is 3.52. The van der Waals surface area contributed by atoms with Crippen LogP contribution in [0.2, 0.25) is 0 Å². The summed E-state index contributed by atoms with van der Waals surface area (Å²) in [7, 11) is 0. The Hall–Kier alpha value is -0.860. The van der Waals surface area contributed by atoms with Crippen molar-refractivity contribution in [2.45, 2.75) is 59.6 Å². The lowest BCUT2D eigenvalue weighted by Gasteiger charge is -2.26. The lowest BCUT2D eigenvalue weighted by molar-refractivity contribution is 0.122. The highest BCUT2D eigenvalue weighted by molar-refractivity contribution is 5.51. The van der Waals surface area contributed by atoms with Crippen molar-refractivity contribution >= 4 is 0 Å². The van der Waals surface area contributed by atoms with Gasteiger partial charge in [0.15, 0.2) is 0 Å². The number of nitrogens with two attached hydrogens (primary N) is 1. The molecule has 2 heteroatoms. The normalized spacial score (nSPS) is 18.8. The first kappa shape index (κ1) is 13.6. The molecule has 1 aliphatic carbocycles. The van der Waals surface area contributed by atoms with E-state index in [-0.39, 0.29) is 12.1 Å². The van der Waals surface area contributed by atoms with Gasteiger partial charge in [-0.05, 0) is 86.8 Å². The minimum atomic E-state index is -0.385. The van der Waals surface area contributed by atoms with Crippen LogP contribution < -0.4 is 5.73 Å². The lowest BCUT2D eigenvalue weighted by Crippen LogP contribution is -2.30. The van der Waals surface area contributed by atoms with E-state index in [0.717, 1.165) is 18.4 Å². The van der Waals surface area contributed by atoms with Crippen molar-refractivity contribution < 1.29 is 5.11 Å². The average molecular weight is 247 g/mol. The van der Waals surface area contributed by atoms with Gasteiger partial charge in [-0.15, -0.1) is 0 Å². The predicted octanol–water partition coefficient (Wildman–Crippen LogP) is 3.00. The molecule has 2 nitrogen and oxygen atoms in total. The second kappa shape index (κ2) is 4.67. The molecule has 2 atom stereocenters. The van der Waals surface area contributed by atoms with Crippen LogP contribution in [0.5, 0.6) is 0 Å². The third-order valence-electron chi connectivity index (χ3n) is 4.86. The van der Waals surface area contributed by atoms with Gasteiger partial charge >= 0.3 is 0 Å². The van der Waals surface area contributed by atoms with Crippen molar-refractivity contribution in [3.63, 3.8) is 0 Å². The summed E-state index contributed by atoms with van der Waals surface area (Å²) in [6.07, 6.45) is 1.86. The van der Waals surface area contributed by atoms with Crippen molar-refractivity contribution in [1.29, 1.82) is 0 Å². The molecule has 1 fully saturated rings. The van der Waals surface area contributed by atoms with E-state index in [1.807, 2.05) is 0 Å². The fraction of sp³-hybridized carbons (Fsp3) is 0.625. The summed E-state index contributed by atoms with van der Waals surface area (Å²) in [4.78, 5) is 0. The van der Waals surface area contributed by atoms with E-state index in [2.05, 4.69) is 34.6 Å². The Morgan fingerprint density at radius 2 is 1.28 bits per heavy atom. The molecule has 0 aliphatic heterocycles. The number of benzene rings is 1. The Morgan fingerprint density at radius 1 is 0.889 bits per heavy atom. The third kappa shape index (κ3) is 2.08. The molecule has 0 heterocycles. The van der Waals surface area contributed by atoms with Crippen LogP contribution in [0.1, 0.15) is 52.3 Å². The molecule has 0 saturated heterocycles. The average Bonchev–Trinajstić information content (AvgIpc) is 3.17. The van der Waals surface area contributed by atoms with E-state index < -0.39 is 0 Å². The molecule has 1 aliphatic rings. The molecule has 0 aromatic heterocycles. The van der Waals surface area contributed by atoms with Crippen LogP contribution in [0.25, 0.3) is 0 Å². The number of aliphatic hydroxyl groups excluding tert-OH is 1. The van der Waals surface area contributed by atoms with E-state index in [0.29, 0.717) is 5.92 Å². The van der Waals surface area contributed by atoms with Crippen molar-refractivity contribution in [3.8, 4) is 0 Å². The van der Waals surface area contributed by atoms with Gasteiger partial charge in [-0.2, -0.15) is 0 Å². The molecule has 100 valence electrons. The van der Waals surface area contributed by atoms with Crippen LogP contribution in [-0.4, -0.2) is 11.2 Å². The highest BCUT2D eigenvalue weighted by Gasteiger charge is 2.35. The van der Waals surface area contributed by atoms with E-state index in [9.17, 15) is 5.11 Å². The van der Waals surface area contributed by atoms with Crippen LogP contribution in [0.15, 0.2) is 0 Å². The predicted molar refractivity (Wildman–Crippen MR) is 75.8 cm³/mol. The zero-order valence-electron chi connectivity index (χ0n) is 12.2. The third-order valence-corrected chi connectivity index (χ3v) is 4.86. The molecular formula is C16H25NO. The van der Waals surface area contributed by atoms with Crippen molar-refractivity contribution in [3.05, 3.63) is 33.4 Å². The molecule has 0 unspecified atom stereocenters. The molecular weight excluding hydrogens is 222 g/mol. The van der Waals surface area contributed by atoms with Gasteiger partial charge in [0.1, 0.15) is 0 Å². The highest BCUT2D eigenvalue weighted by Crippen LogP contribution is 2.39. The largest absolute Gasteiger partial charge is 0.391 e. The van der Waals surface area contributed by atoms with Gasteiger partial charge in [-0.1, -0.05) is 0 Å². The smallest absolute Gasteiger partial charge is 0.0761 e. The molecule has 0 spiro atoms. The monoisotopic (exact) mass is 247 g/mol. The van der Waals surface area contributed by atoms with Crippen molar-refractivity contribution in [1.82, 2.24) is 0 Å². The SMILES string of the molecule is Cc1c(C)c(C)c([C@H](N)[C@H](O)C2CC2)c(C)c1C. The van der Waals surface area contributed by atoms with Gasteiger partial charge in [0.25, 0.3) is 0 Å². The van der Waals surface area contributed by atoms with Gasteiger partial charge in [0.05, 0.1) is 12.1 Å². The minimum Gasteiger partial charge on any atom is -0.391 e. The summed E-state index contributed by atoms with van der Waals surface area (Å²) >= 11 is 0. The van der Waals surface area contributed by atoms with Crippen LogP contribution in [0.3, 0.4) is 0 Å². The number of hydrogen-bond acceptors (Lipinski definition) is 2. The number of rotatable bonds is 3. The summed E-state index contributed by atoms with van der Waals surface area (Å²) in [5.41, 5.74) is 14.0. The number of hydrogen-bond donors (Lipinski definition) is 2. The van der Waals surface area contributed by atoms with Gasteiger partial charge < -0.3 is 10.8 Å². The topological polar surface area (TPSA) is 46.2 Å². The van der Waals surface area contributed by atoms with Gasteiger partial charge in [-0.25, -0.2) is 0 Å². The molecule has 1 saturated carbocycles. The first-order valence-corrected chi connectivity index (χ1v) is 6.86. The standard InChI is InChI=1S/C16H25NO/c1-8-9(2)11(4)14(12(5)10(8)3)15(17)16(18)13-6-7-13/h13,15-16,18H,6-7,17H2,1-5H3/t15-,16+/m0/s1. The van der Waals surface area contributed by atoms with E-state index in [1.165, 1.54) is 27.8 Å². The molecule has 3 N–H and O–H groups in total. The summed E-state index contributed by atoms with van der Waals surface area (Å²) in [5.74, 6) is 0.417. The van der Waals surface area contributed by atoms with Gasteiger partial charge in [0.2, 0.25) is 0 Å².